The first-order chi connectivity index (χ1) is 16.0. The summed E-state index contributed by atoms with van der Waals surface area (Å²) in [4.78, 5) is 2.32. The minimum Gasteiger partial charge on any atom is -0.494 e. The smallest absolute Gasteiger partial charge is 0.165 e. The molecule has 7 heteroatoms. The third kappa shape index (κ3) is 4.81. The highest BCUT2D eigenvalue weighted by Crippen LogP contribution is 2.36. The Balaban J connectivity index is 1.41. The van der Waals surface area contributed by atoms with E-state index in [-0.39, 0.29) is 11.6 Å². The largest absolute Gasteiger partial charge is 0.494 e. The Kier molecular flexibility index (Phi) is 6.19. The molecule has 174 valence electrons. The van der Waals surface area contributed by atoms with E-state index in [0.717, 1.165) is 53.5 Å². The van der Waals surface area contributed by atoms with E-state index < -0.39 is 0 Å². The molecule has 6 nitrogen and oxygen atoms in total. The average molecular weight is 450 g/mol. The number of benzene rings is 2. The average Bonchev–Trinajstić information content (AvgIpc) is 3.41. The molecular weight excluding hydrogens is 417 g/mol. The van der Waals surface area contributed by atoms with Gasteiger partial charge in [-0.25, -0.2) is 9.07 Å². The van der Waals surface area contributed by atoms with Crippen molar-refractivity contribution in [1.29, 1.82) is 0 Å². The van der Waals surface area contributed by atoms with E-state index in [4.69, 9.17) is 9.84 Å². The summed E-state index contributed by atoms with van der Waals surface area (Å²) in [7, 11) is 3.61. The van der Waals surface area contributed by atoms with E-state index in [1.54, 1.807) is 6.07 Å². The monoisotopic (exact) mass is 449 g/mol. The van der Waals surface area contributed by atoms with Gasteiger partial charge in [0, 0.05) is 42.5 Å². The van der Waals surface area contributed by atoms with Gasteiger partial charge in [0.15, 0.2) is 11.6 Å². The molecular formula is C26H32FN5O. The maximum Gasteiger partial charge on any atom is 0.165 e. The minimum atomic E-state index is -0.382. The first kappa shape index (κ1) is 22.1. The van der Waals surface area contributed by atoms with Gasteiger partial charge < -0.3 is 9.64 Å². The molecule has 0 amide bonds. The number of hydrogen-bond donors (Lipinski definition) is 2. The van der Waals surface area contributed by atoms with Gasteiger partial charge >= 0.3 is 0 Å². The Labute approximate surface area is 194 Å². The van der Waals surface area contributed by atoms with Gasteiger partial charge in [-0.1, -0.05) is 18.2 Å². The number of likely N-dealkylation sites (N-methyl/N-ethyl adjacent to an activating group) is 1. The Hall–Kier alpha value is -2.74. The molecule has 2 atom stereocenters. The highest BCUT2D eigenvalue weighted by molar-refractivity contribution is 5.64. The van der Waals surface area contributed by atoms with Crippen molar-refractivity contribution in [1.82, 2.24) is 25.5 Å². The zero-order valence-corrected chi connectivity index (χ0v) is 19.5. The van der Waals surface area contributed by atoms with E-state index in [1.165, 1.54) is 26.0 Å². The van der Waals surface area contributed by atoms with Crippen molar-refractivity contribution >= 4 is 0 Å². The molecule has 2 aliphatic rings. The molecule has 2 fully saturated rings. The zero-order valence-electron chi connectivity index (χ0n) is 19.5. The fourth-order valence-electron chi connectivity index (χ4n) is 4.84. The number of methoxy groups -OCH3 is 1. The van der Waals surface area contributed by atoms with Crippen LogP contribution in [0.3, 0.4) is 0 Å². The maximum atomic E-state index is 14.5. The normalized spacial score (nSPS) is 20.5. The molecule has 3 aromatic rings. The van der Waals surface area contributed by atoms with E-state index in [9.17, 15) is 4.39 Å². The van der Waals surface area contributed by atoms with Crippen LogP contribution in [0.5, 0.6) is 5.75 Å². The van der Waals surface area contributed by atoms with Gasteiger partial charge in [0.1, 0.15) is 0 Å². The second-order valence-corrected chi connectivity index (χ2v) is 9.45. The van der Waals surface area contributed by atoms with Gasteiger partial charge in [-0.3, -0.25) is 10.9 Å². The second-order valence-electron chi connectivity index (χ2n) is 9.45. The number of nitrogens with one attached hydrogen (secondary N) is 2. The Bertz CT molecular complexity index is 1130. The lowest BCUT2D eigenvalue weighted by Crippen LogP contribution is -2.39. The molecule has 1 aromatic heterocycles. The number of para-hydroxylation sites is 1. The molecule has 2 aromatic carbocycles. The Morgan fingerprint density at radius 2 is 2.00 bits per heavy atom. The van der Waals surface area contributed by atoms with E-state index in [2.05, 4.69) is 48.1 Å². The molecule has 1 saturated carbocycles. The van der Waals surface area contributed by atoms with Crippen molar-refractivity contribution in [2.45, 2.75) is 44.8 Å². The van der Waals surface area contributed by atoms with Crippen molar-refractivity contribution in [3.05, 3.63) is 65.6 Å². The summed E-state index contributed by atoms with van der Waals surface area (Å²) >= 11 is 0. The SMILES string of the molecule is COc1ccc(-c2nn(-c3ccccc3C)cc2CN(C)CC2CC(C3CC3)NN2)cc1F. The molecule has 33 heavy (non-hydrogen) atoms. The summed E-state index contributed by atoms with van der Waals surface area (Å²) in [6, 6.07) is 14.2. The number of hydrazine groups is 1. The van der Waals surface area contributed by atoms with Crippen LogP contribution in [0.25, 0.3) is 16.9 Å². The van der Waals surface area contributed by atoms with Crippen molar-refractivity contribution in [3.63, 3.8) is 0 Å². The van der Waals surface area contributed by atoms with Crippen molar-refractivity contribution < 1.29 is 9.13 Å². The van der Waals surface area contributed by atoms with Gasteiger partial charge in [0.25, 0.3) is 0 Å². The van der Waals surface area contributed by atoms with Crippen LogP contribution in [0.1, 0.15) is 30.4 Å². The standard InChI is InChI=1S/C26H32FN5O/c1-17-6-4-5-7-24(17)32-15-20(26(30-32)19-10-11-25(33-3)22(27)12-19)14-31(2)16-21-13-23(29-28-21)18-8-9-18/h4-7,10-12,15,18,21,23,28-29H,8-9,13-14,16H2,1-3H3. The third-order valence-electron chi connectivity index (χ3n) is 6.75. The maximum absolute atomic E-state index is 14.5. The fraction of sp³-hybridized carbons (Fsp3) is 0.423. The molecule has 1 aliphatic carbocycles. The lowest BCUT2D eigenvalue weighted by atomic mass is 10.1. The Morgan fingerprint density at radius 1 is 1.18 bits per heavy atom. The predicted octanol–water partition coefficient (Wildman–Crippen LogP) is 4.07. The summed E-state index contributed by atoms with van der Waals surface area (Å²) in [5, 5.41) is 4.89. The van der Waals surface area contributed by atoms with Gasteiger partial charge in [-0.2, -0.15) is 5.10 Å². The van der Waals surface area contributed by atoms with Crippen LogP contribution in [0.4, 0.5) is 4.39 Å². The van der Waals surface area contributed by atoms with Gasteiger partial charge in [-0.05, 0) is 69.0 Å². The number of ether oxygens (including phenoxy) is 1. The molecule has 2 heterocycles. The second kappa shape index (κ2) is 9.25. The van der Waals surface area contributed by atoms with E-state index in [1.807, 2.05) is 22.9 Å². The molecule has 5 rings (SSSR count). The van der Waals surface area contributed by atoms with Crippen LogP contribution in [-0.4, -0.2) is 47.5 Å². The molecule has 1 aliphatic heterocycles. The summed E-state index contributed by atoms with van der Waals surface area (Å²) in [6.07, 6.45) is 5.93. The molecule has 0 bridgehead atoms. The summed E-state index contributed by atoms with van der Waals surface area (Å²) in [5.74, 6) is 0.699. The van der Waals surface area contributed by atoms with Crippen LogP contribution in [0.2, 0.25) is 0 Å². The molecule has 2 unspecified atom stereocenters. The van der Waals surface area contributed by atoms with Crippen molar-refractivity contribution in [3.8, 4) is 22.7 Å². The van der Waals surface area contributed by atoms with Gasteiger partial charge in [0.2, 0.25) is 0 Å². The predicted molar refractivity (Wildman–Crippen MR) is 128 cm³/mol. The summed E-state index contributed by atoms with van der Waals surface area (Å²) in [6.45, 7) is 3.73. The van der Waals surface area contributed by atoms with Crippen molar-refractivity contribution in [2.24, 2.45) is 5.92 Å². The van der Waals surface area contributed by atoms with Crippen LogP contribution in [0.15, 0.2) is 48.7 Å². The molecule has 2 N–H and O–H groups in total. The minimum absolute atomic E-state index is 0.237. The highest BCUT2D eigenvalue weighted by atomic mass is 19.1. The summed E-state index contributed by atoms with van der Waals surface area (Å²) in [5.41, 5.74) is 11.7. The molecule has 0 spiro atoms. The van der Waals surface area contributed by atoms with Crippen LogP contribution >= 0.6 is 0 Å². The number of aromatic nitrogens is 2. The molecule has 1 saturated heterocycles. The van der Waals surface area contributed by atoms with Crippen LogP contribution < -0.4 is 15.6 Å². The van der Waals surface area contributed by atoms with E-state index >= 15 is 0 Å². The highest BCUT2D eigenvalue weighted by Gasteiger charge is 2.36. The number of rotatable bonds is 8. The summed E-state index contributed by atoms with van der Waals surface area (Å²) < 4.78 is 21.5. The van der Waals surface area contributed by atoms with Crippen LogP contribution in [-0.2, 0) is 6.54 Å². The number of halogens is 1. The first-order valence-corrected chi connectivity index (χ1v) is 11.7. The number of hydrogen-bond acceptors (Lipinski definition) is 5. The molecule has 0 radical (unpaired) electrons. The topological polar surface area (TPSA) is 54.4 Å². The van der Waals surface area contributed by atoms with Crippen LogP contribution in [0, 0.1) is 18.7 Å². The Morgan fingerprint density at radius 3 is 2.73 bits per heavy atom. The number of aryl methyl sites for hydroxylation is 1. The lowest BCUT2D eigenvalue weighted by molar-refractivity contribution is 0.289. The third-order valence-corrected chi connectivity index (χ3v) is 6.75. The quantitative estimate of drug-likeness (QED) is 0.543. The zero-order chi connectivity index (χ0) is 22.9. The van der Waals surface area contributed by atoms with Gasteiger partial charge in [-0.15, -0.1) is 0 Å². The van der Waals surface area contributed by atoms with Gasteiger partial charge in [0.05, 0.1) is 18.5 Å². The van der Waals surface area contributed by atoms with E-state index in [0.29, 0.717) is 12.1 Å². The van der Waals surface area contributed by atoms with Crippen molar-refractivity contribution in [2.75, 3.05) is 20.7 Å². The lowest BCUT2D eigenvalue weighted by Gasteiger charge is -2.20. The first-order valence-electron chi connectivity index (χ1n) is 11.7. The number of nitrogens with zero attached hydrogens (tertiary/aromatic N) is 3. The fourth-order valence-corrected chi connectivity index (χ4v) is 4.84.